The zero-order valence-corrected chi connectivity index (χ0v) is 11.7. The smallest absolute Gasteiger partial charge is 0.0735 e. The summed E-state index contributed by atoms with van der Waals surface area (Å²) in [7, 11) is 0. The van der Waals surface area contributed by atoms with E-state index in [2.05, 4.69) is 35.1 Å². The predicted molar refractivity (Wildman–Crippen MR) is 81.5 cm³/mol. The highest BCUT2D eigenvalue weighted by Crippen LogP contribution is 2.27. The molecule has 0 fully saturated rings. The molecule has 0 aliphatic carbocycles. The number of hydrogen-bond donors (Lipinski definition) is 1. The molecule has 3 nitrogen and oxygen atoms in total. The van der Waals surface area contributed by atoms with E-state index >= 15 is 0 Å². The summed E-state index contributed by atoms with van der Waals surface area (Å²) >= 11 is 0. The van der Waals surface area contributed by atoms with Crippen molar-refractivity contribution in [3.8, 4) is 0 Å². The summed E-state index contributed by atoms with van der Waals surface area (Å²) in [5, 5.41) is 2.24. The SMILES string of the molecule is Cc1cnc(C(N)c2cccc3ccncc23)c(C)c1. The highest BCUT2D eigenvalue weighted by atomic mass is 14.8. The van der Waals surface area contributed by atoms with Crippen molar-refractivity contribution in [1.82, 2.24) is 9.97 Å². The lowest BCUT2D eigenvalue weighted by Crippen LogP contribution is -2.15. The van der Waals surface area contributed by atoms with Crippen molar-refractivity contribution in [2.24, 2.45) is 5.73 Å². The average Bonchev–Trinajstić information content (AvgIpc) is 2.46. The molecule has 0 amide bonds. The number of hydrogen-bond acceptors (Lipinski definition) is 3. The van der Waals surface area contributed by atoms with Gasteiger partial charge in [0.25, 0.3) is 0 Å². The van der Waals surface area contributed by atoms with Crippen LogP contribution in [0.2, 0.25) is 0 Å². The van der Waals surface area contributed by atoms with E-state index in [-0.39, 0.29) is 6.04 Å². The van der Waals surface area contributed by atoms with Gasteiger partial charge in [-0.3, -0.25) is 9.97 Å². The zero-order chi connectivity index (χ0) is 14.1. The molecule has 100 valence electrons. The lowest BCUT2D eigenvalue weighted by atomic mass is 9.96. The second-order valence-corrected chi connectivity index (χ2v) is 5.14. The van der Waals surface area contributed by atoms with Gasteiger partial charge in [-0.25, -0.2) is 0 Å². The number of rotatable bonds is 2. The van der Waals surface area contributed by atoms with Crippen LogP contribution in [-0.4, -0.2) is 9.97 Å². The minimum atomic E-state index is -0.233. The normalized spacial score (nSPS) is 12.6. The van der Waals surface area contributed by atoms with E-state index in [0.717, 1.165) is 33.2 Å². The minimum Gasteiger partial charge on any atom is -0.319 e. The number of nitrogens with two attached hydrogens (primary N) is 1. The second-order valence-electron chi connectivity index (χ2n) is 5.14. The van der Waals surface area contributed by atoms with E-state index in [4.69, 9.17) is 5.73 Å². The molecule has 0 spiro atoms. The molecule has 0 saturated carbocycles. The maximum Gasteiger partial charge on any atom is 0.0735 e. The van der Waals surface area contributed by atoms with E-state index in [9.17, 15) is 0 Å². The second kappa shape index (κ2) is 5.02. The molecule has 20 heavy (non-hydrogen) atoms. The summed E-state index contributed by atoms with van der Waals surface area (Å²) in [6.45, 7) is 4.09. The van der Waals surface area contributed by atoms with Crippen molar-refractivity contribution in [2.45, 2.75) is 19.9 Å². The summed E-state index contributed by atoms with van der Waals surface area (Å²) < 4.78 is 0. The molecule has 0 aliphatic rings. The molecule has 0 bridgehead atoms. The molecule has 0 aliphatic heterocycles. The Bertz CT molecular complexity index is 760. The molecule has 1 aromatic carbocycles. The van der Waals surface area contributed by atoms with Crippen LogP contribution in [0.1, 0.15) is 28.4 Å². The molecule has 3 aromatic rings. The molecule has 3 heteroatoms. The van der Waals surface area contributed by atoms with Crippen molar-refractivity contribution in [3.05, 3.63) is 71.3 Å². The lowest BCUT2D eigenvalue weighted by molar-refractivity contribution is 0.822. The number of nitrogens with zero attached hydrogens (tertiary/aromatic N) is 2. The largest absolute Gasteiger partial charge is 0.319 e. The van der Waals surface area contributed by atoms with Gasteiger partial charge in [0, 0.05) is 24.0 Å². The number of pyridine rings is 2. The molecule has 2 heterocycles. The fourth-order valence-corrected chi connectivity index (χ4v) is 2.61. The van der Waals surface area contributed by atoms with Crippen LogP contribution in [0, 0.1) is 13.8 Å². The van der Waals surface area contributed by atoms with Crippen molar-refractivity contribution in [2.75, 3.05) is 0 Å². The molecule has 2 aromatic heterocycles. The zero-order valence-electron chi connectivity index (χ0n) is 11.7. The highest BCUT2D eigenvalue weighted by molar-refractivity contribution is 5.85. The highest BCUT2D eigenvalue weighted by Gasteiger charge is 2.15. The minimum absolute atomic E-state index is 0.233. The fraction of sp³-hybridized carbons (Fsp3) is 0.176. The maximum absolute atomic E-state index is 6.44. The first-order chi connectivity index (χ1) is 9.66. The molecule has 3 rings (SSSR count). The summed E-state index contributed by atoms with van der Waals surface area (Å²) in [4.78, 5) is 8.73. The van der Waals surface area contributed by atoms with Gasteiger partial charge in [0.05, 0.1) is 11.7 Å². The van der Waals surface area contributed by atoms with E-state index < -0.39 is 0 Å². The topological polar surface area (TPSA) is 51.8 Å². The van der Waals surface area contributed by atoms with Crippen LogP contribution in [0.5, 0.6) is 0 Å². The van der Waals surface area contributed by atoms with Crippen molar-refractivity contribution in [1.29, 1.82) is 0 Å². The van der Waals surface area contributed by atoms with Crippen LogP contribution in [0.15, 0.2) is 48.9 Å². The van der Waals surface area contributed by atoms with Crippen LogP contribution in [0.4, 0.5) is 0 Å². The first kappa shape index (κ1) is 12.8. The Kier molecular flexibility index (Phi) is 3.20. The summed E-state index contributed by atoms with van der Waals surface area (Å²) in [6.07, 6.45) is 5.53. The van der Waals surface area contributed by atoms with E-state index in [1.807, 2.05) is 31.5 Å². The number of fused-ring (bicyclic) bond motifs is 1. The van der Waals surface area contributed by atoms with Gasteiger partial charge in [0.15, 0.2) is 0 Å². The van der Waals surface area contributed by atoms with Crippen LogP contribution in [0.25, 0.3) is 10.8 Å². The molecule has 0 radical (unpaired) electrons. The van der Waals surface area contributed by atoms with E-state index in [1.165, 1.54) is 0 Å². The Hall–Kier alpha value is -2.26. The monoisotopic (exact) mass is 263 g/mol. The number of benzene rings is 1. The average molecular weight is 263 g/mol. The van der Waals surface area contributed by atoms with E-state index in [1.54, 1.807) is 6.20 Å². The summed E-state index contributed by atoms with van der Waals surface area (Å²) in [5.74, 6) is 0. The Morgan fingerprint density at radius 2 is 1.95 bits per heavy atom. The molecule has 2 N–H and O–H groups in total. The van der Waals surface area contributed by atoms with Gasteiger partial charge >= 0.3 is 0 Å². The third-order valence-corrected chi connectivity index (χ3v) is 3.60. The Morgan fingerprint density at radius 3 is 2.75 bits per heavy atom. The quantitative estimate of drug-likeness (QED) is 0.771. The molecule has 1 atom stereocenters. The third-order valence-electron chi connectivity index (χ3n) is 3.60. The Balaban J connectivity index is 2.15. The first-order valence-corrected chi connectivity index (χ1v) is 6.68. The van der Waals surface area contributed by atoms with Gasteiger partial charge in [-0.15, -0.1) is 0 Å². The van der Waals surface area contributed by atoms with Crippen LogP contribution >= 0.6 is 0 Å². The molecule has 1 unspecified atom stereocenters. The van der Waals surface area contributed by atoms with Gasteiger partial charge < -0.3 is 5.73 Å². The van der Waals surface area contributed by atoms with Crippen LogP contribution in [0.3, 0.4) is 0 Å². The summed E-state index contributed by atoms with van der Waals surface area (Å²) in [5.41, 5.74) is 10.7. The number of aryl methyl sites for hydroxylation is 2. The predicted octanol–water partition coefficient (Wildman–Crippen LogP) is 3.29. The van der Waals surface area contributed by atoms with Crippen molar-refractivity contribution < 1.29 is 0 Å². The van der Waals surface area contributed by atoms with Gasteiger partial charge in [0.1, 0.15) is 0 Å². The summed E-state index contributed by atoms with van der Waals surface area (Å²) in [6, 6.07) is 10.0. The maximum atomic E-state index is 6.44. The van der Waals surface area contributed by atoms with Crippen LogP contribution in [-0.2, 0) is 0 Å². The lowest BCUT2D eigenvalue weighted by Gasteiger charge is -2.16. The Morgan fingerprint density at radius 1 is 1.10 bits per heavy atom. The fourth-order valence-electron chi connectivity index (χ4n) is 2.61. The van der Waals surface area contributed by atoms with Gasteiger partial charge in [-0.05, 0) is 42.0 Å². The Labute approximate surface area is 118 Å². The van der Waals surface area contributed by atoms with E-state index in [0.29, 0.717) is 0 Å². The van der Waals surface area contributed by atoms with Crippen molar-refractivity contribution in [3.63, 3.8) is 0 Å². The van der Waals surface area contributed by atoms with Gasteiger partial charge in [0.2, 0.25) is 0 Å². The van der Waals surface area contributed by atoms with Gasteiger partial charge in [-0.1, -0.05) is 24.3 Å². The standard InChI is InChI=1S/C17H17N3/c1-11-8-12(2)17(20-9-11)16(18)14-5-3-4-13-6-7-19-10-15(13)14/h3-10,16H,18H2,1-2H3. The van der Waals surface area contributed by atoms with Crippen LogP contribution < -0.4 is 5.73 Å². The molecule has 0 saturated heterocycles. The molecular formula is C17H17N3. The molecular weight excluding hydrogens is 246 g/mol. The number of aromatic nitrogens is 2. The van der Waals surface area contributed by atoms with Gasteiger partial charge in [-0.2, -0.15) is 0 Å². The first-order valence-electron chi connectivity index (χ1n) is 6.68. The van der Waals surface area contributed by atoms with Crippen molar-refractivity contribution >= 4 is 10.8 Å². The third kappa shape index (κ3) is 2.17.